The van der Waals surface area contributed by atoms with E-state index in [1.54, 1.807) is 13.8 Å². The van der Waals surface area contributed by atoms with E-state index in [1.807, 2.05) is 9.80 Å². The monoisotopic (exact) mass is 454 g/mol. The van der Waals surface area contributed by atoms with Crippen LogP contribution in [0.2, 0.25) is 0 Å². The van der Waals surface area contributed by atoms with Crippen molar-refractivity contribution in [1.29, 1.82) is 0 Å². The van der Waals surface area contributed by atoms with Gasteiger partial charge < -0.3 is 23.6 Å². The number of morpholine rings is 1. The summed E-state index contributed by atoms with van der Waals surface area (Å²) >= 11 is 0. The third-order valence-corrected chi connectivity index (χ3v) is 8.75. The van der Waals surface area contributed by atoms with Gasteiger partial charge in [-0.15, -0.1) is 4.31 Å². The van der Waals surface area contributed by atoms with Gasteiger partial charge in [0, 0.05) is 51.6 Å². The largest absolute Gasteiger partial charge is 0.593 e. The van der Waals surface area contributed by atoms with E-state index in [-0.39, 0.29) is 41.0 Å². The van der Waals surface area contributed by atoms with Gasteiger partial charge in [-0.1, -0.05) is 9.37 Å². The van der Waals surface area contributed by atoms with Gasteiger partial charge in [0.05, 0.1) is 6.61 Å². The molecule has 172 valence electrons. The smallest absolute Gasteiger partial charge is 0.248 e. The number of hydrogen-bond acceptors (Lipinski definition) is 7. The van der Waals surface area contributed by atoms with Crippen molar-refractivity contribution >= 4 is 22.2 Å². The fourth-order valence-electron chi connectivity index (χ4n) is 4.89. The lowest BCUT2D eigenvalue weighted by molar-refractivity contribution is -0.148. The summed E-state index contributed by atoms with van der Waals surface area (Å²) in [6.07, 6.45) is 2.56. The summed E-state index contributed by atoms with van der Waals surface area (Å²) in [5, 5.41) is 3.75. The lowest BCUT2D eigenvalue weighted by Gasteiger charge is -2.41. The Kier molecular flexibility index (Phi) is 6.47. The minimum absolute atomic E-state index is 0.0305. The Morgan fingerprint density at radius 2 is 1.77 bits per heavy atom. The molecule has 4 rings (SSSR count). The van der Waals surface area contributed by atoms with Crippen molar-refractivity contribution in [2.75, 3.05) is 45.9 Å². The van der Waals surface area contributed by atoms with Crippen molar-refractivity contribution < 1.29 is 27.6 Å². The van der Waals surface area contributed by atoms with E-state index in [0.717, 1.165) is 12.8 Å². The maximum absolute atomic E-state index is 13.0. The van der Waals surface area contributed by atoms with Crippen LogP contribution in [0.25, 0.3) is 0 Å². The molecular formula is C20H30N4O6S. The molecule has 0 aliphatic carbocycles. The van der Waals surface area contributed by atoms with Gasteiger partial charge in [0.25, 0.3) is 0 Å². The van der Waals surface area contributed by atoms with Crippen LogP contribution in [0.1, 0.15) is 37.1 Å². The summed E-state index contributed by atoms with van der Waals surface area (Å²) in [4.78, 5) is 29.0. The van der Waals surface area contributed by atoms with Crippen LogP contribution >= 0.6 is 0 Å². The minimum Gasteiger partial charge on any atom is -0.593 e. The van der Waals surface area contributed by atoms with E-state index < -0.39 is 10.4 Å². The van der Waals surface area contributed by atoms with Crippen LogP contribution in [0.3, 0.4) is 0 Å². The fourth-order valence-corrected chi connectivity index (χ4v) is 6.65. The first kappa shape index (κ1) is 22.4. The Morgan fingerprint density at radius 1 is 1.10 bits per heavy atom. The van der Waals surface area contributed by atoms with Crippen LogP contribution in [0.5, 0.6) is 0 Å². The van der Waals surface area contributed by atoms with Crippen LogP contribution in [0.15, 0.2) is 9.42 Å². The summed E-state index contributed by atoms with van der Waals surface area (Å²) in [5.74, 6) is 0.249. The molecule has 4 heterocycles. The lowest BCUT2D eigenvalue weighted by atomic mass is 9.94. The molecule has 1 aromatic rings. The number of likely N-dealkylation sites (tertiary alicyclic amines) is 1. The molecule has 0 aromatic carbocycles. The second-order valence-electron chi connectivity index (χ2n) is 8.53. The van der Waals surface area contributed by atoms with E-state index in [0.29, 0.717) is 57.9 Å². The molecule has 11 heteroatoms. The van der Waals surface area contributed by atoms with Gasteiger partial charge >= 0.3 is 0 Å². The van der Waals surface area contributed by atoms with Crippen molar-refractivity contribution in [3.8, 4) is 0 Å². The highest BCUT2D eigenvalue weighted by atomic mass is 32.3. The van der Waals surface area contributed by atoms with Crippen LogP contribution in [0.4, 0.5) is 0 Å². The van der Waals surface area contributed by atoms with E-state index in [2.05, 4.69) is 5.16 Å². The van der Waals surface area contributed by atoms with Gasteiger partial charge in [-0.3, -0.25) is 9.59 Å². The van der Waals surface area contributed by atoms with Gasteiger partial charge in [-0.05, 0) is 32.6 Å². The summed E-state index contributed by atoms with van der Waals surface area (Å²) in [5.41, 5.74) is 0.359. The molecular weight excluding hydrogens is 424 g/mol. The van der Waals surface area contributed by atoms with Gasteiger partial charge in [-0.2, -0.15) is 0 Å². The number of aryl methyl sites for hydroxylation is 2. The number of carbonyl (C=O) groups excluding carboxylic acids is 2. The van der Waals surface area contributed by atoms with Crippen LogP contribution in [0, 0.1) is 19.8 Å². The van der Waals surface area contributed by atoms with Crippen molar-refractivity contribution in [2.45, 2.75) is 50.5 Å². The first-order valence-electron chi connectivity index (χ1n) is 10.9. The third-order valence-electron chi connectivity index (χ3n) is 6.61. The molecule has 0 saturated carbocycles. The molecule has 3 saturated heterocycles. The standard InChI is InChI=1S/C20H30N4O6S/c1-14-19(15(2)30-21-14)31(27,28)23-9-3-16(4-10-23)20(26)22-7-5-17(6-8-22)24-11-12-29-13-18(24)25/h16-17H,3-13H2,1-2H3. The number of sulfonamides is 1. The molecule has 1 atom stereocenters. The first-order chi connectivity index (χ1) is 14.8. The molecule has 0 radical (unpaired) electrons. The third kappa shape index (κ3) is 4.41. The highest BCUT2D eigenvalue weighted by molar-refractivity contribution is 7.95. The normalized spacial score (nSPS) is 24.4. The molecule has 3 fully saturated rings. The number of ether oxygens (including phenoxy) is 1. The van der Waals surface area contributed by atoms with Crippen LogP contribution in [-0.2, 0) is 28.9 Å². The van der Waals surface area contributed by atoms with Crippen molar-refractivity contribution in [1.82, 2.24) is 19.3 Å². The Bertz CT molecular complexity index is 854. The second-order valence-corrected chi connectivity index (χ2v) is 10.4. The van der Waals surface area contributed by atoms with Crippen molar-refractivity contribution in [3.63, 3.8) is 0 Å². The van der Waals surface area contributed by atoms with Crippen LogP contribution < -0.4 is 0 Å². The zero-order valence-corrected chi connectivity index (χ0v) is 18.9. The number of rotatable bonds is 4. The van der Waals surface area contributed by atoms with E-state index in [9.17, 15) is 18.4 Å². The molecule has 1 aromatic heterocycles. The Hall–Kier alpha value is -1.82. The number of amides is 2. The van der Waals surface area contributed by atoms with Gasteiger partial charge in [0.2, 0.25) is 16.7 Å². The number of nitrogens with zero attached hydrogens (tertiary/aromatic N) is 4. The van der Waals surface area contributed by atoms with Crippen molar-refractivity contribution in [3.05, 3.63) is 11.5 Å². The highest BCUT2D eigenvalue weighted by Gasteiger charge is 2.41. The Labute approximate surface area is 183 Å². The predicted molar refractivity (Wildman–Crippen MR) is 110 cm³/mol. The average molecular weight is 455 g/mol. The molecule has 0 N–H and O–H groups in total. The van der Waals surface area contributed by atoms with E-state index in [4.69, 9.17) is 9.26 Å². The molecule has 0 spiro atoms. The number of piperidine rings is 2. The zero-order valence-electron chi connectivity index (χ0n) is 18.1. The molecule has 1 unspecified atom stereocenters. The van der Waals surface area contributed by atoms with Gasteiger partial charge in [0.15, 0.2) is 16.2 Å². The summed E-state index contributed by atoms with van der Waals surface area (Å²) < 4.78 is 37.6. The minimum atomic E-state index is -3.67. The molecule has 3 aliphatic rings. The number of carbonyl (C=O) groups is 2. The maximum atomic E-state index is 13.0. The molecule has 10 nitrogen and oxygen atoms in total. The Balaban J connectivity index is 1.30. The first-order valence-corrected chi connectivity index (χ1v) is 12.3. The molecule has 3 aliphatic heterocycles. The quantitative estimate of drug-likeness (QED) is 0.616. The zero-order chi connectivity index (χ0) is 22.2. The summed E-state index contributed by atoms with van der Waals surface area (Å²) in [6, 6.07) is 0.169. The number of aromatic nitrogens is 1. The molecule has 2 amide bonds. The molecule has 31 heavy (non-hydrogen) atoms. The van der Waals surface area contributed by atoms with E-state index in [1.165, 1.54) is 4.31 Å². The average Bonchev–Trinajstić information content (AvgIpc) is 3.12. The predicted octanol–water partition coefficient (Wildman–Crippen LogP) is 0.757. The van der Waals surface area contributed by atoms with Gasteiger partial charge in [0.1, 0.15) is 12.3 Å². The topological polar surface area (TPSA) is 119 Å². The van der Waals surface area contributed by atoms with Crippen molar-refractivity contribution in [2.24, 2.45) is 5.92 Å². The van der Waals surface area contributed by atoms with E-state index >= 15 is 0 Å². The summed E-state index contributed by atoms with van der Waals surface area (Å²) in [7, 11) is -3.67. The van der Waals surface area contributed by atoms with Crippen LogP contribution in [-0.4, -0.2) is 87.6 Å². The SMILES string of the molecule is Cc1noc(C)c1[S+](=O)([O-])N1CCC(C(=O)N2CCC(N3CCOCC3=O)CC2)CC1. The fraction of sp³-hybridized carbons (Fsp3) is 0.750. The lowest BCUT2D eigenvalue weighted by Crippen LogP contribution is -2.53. The Morgan fingerprint density at radius 3 is 2.35 bits per heavy atom. The maximum Gasteiger partial charge on any atom is 0.248 e. The highest BCUT2D eigenvalue weighted by Crippen LogP contribution is 2.32. The van der Waals surface area contributed by atoms with Gasteiger partial charge in [-0.25, -0.2) is 0 Å². The summed E-state index contributed by atoms with van der Waals surface area (Å²) in [6.45, 7) is 6.43. The number of hydrogen-bond donors (Lipinski definition) is 0. The second kappa shape index (κ2) is 8.97. The molecule has 0 bridgehead atoms.